The van der Waals surface area contributed by atoms with Crippen molar-refractivity contribution in [3.05, 3.63) is 0 Å². The highest BCUT2D eigenvalue weighted by atomic mass is 16.2. The van der Waals surface area contributed by atoms with E-state index in [9.17, 15) is 4.79 Å². The summed E-state index contributed by atoms with van der Waals surface area (Å²) in [6, 6.07) is 0.725. The van der Waals surface area contributed by atoms with Gasteiger partial charge in [-0.25, -0.2) is 0 Å². The normalized spacial score (nSPS) is 32.4. The molecule has 92 valence electrons. The fourth-order valence-corrected chi connectivity index (χ4v) is 2.63. The Labute approximate surface area is 97.8 Å². The molecule has 2 unspecified atom stereocenters. The van der Waals surface area contributed by atoms with Crippen molar-refractivity contribution < 1.29 is 4.79 Å². The van der Waals surface area contributed by atoms with Crippen LogP contribution < -0.4 is 10.6 Å². The Hall–Kier alpha value is -0.610. The van der Waals surface area contributed by atoms with Gasteiger partial charge in [0.25, 0.3) is 0 Å². The van der Waals surface area contributed by atoms with E-state index in [1.165, 1.54) is 32.2 Å². The summed E-state index contributed by atoms with van der Waals surface area (Å²) >= 11 is 0. The van der Waals surface area contributed by atoms with Gasteiger partial charge >= 0.3 is 0 Å². The average Bonchev–Trinajstić information content (AvgIpc) is 2.32. The zero-order chi connectivity index (χ0) is 11.4. The number of hydrogen-bond donors (Lipinski definition) is 2. The third kappa shape index (κ3) is 2.95. The highest BCUT2D eigenvalue weighted by molar-refractivity contribution is 5.81. The predicted molar refractivity (Wildman–Crippen MR) is 64.3 cm³/mol. The summed E-state index contributed by atoms with van der Waals surface area (Å²) in [5.41, 5.74) is 0. The first-order valence-corrected chi connectivity index (χ1v) is 6.52. The largest absolute Gasteiger partial charge is 0.353 e. The molecule has 0 spiro atoms. The number of nitrogens with zero attached hydrogens (tertiary/aromatic N) is 1. The second-order valence-corrected chi connectivity index (χ2v) is 4.94. The molecular weight excluding hydrogens is 202 g/mol. The van der Waals surface area contributed by atoms with Crippen molar-refractivity contribution in [2.75, 3.05) is 26.2 Å². The maximum atomic E-state index is 11.5. The molecule has 2 rings (SSSR count). The van der Waals surface area contributed by atoms with Gasteiger partial charge in [-0.05, 0) is 32.7 Å². The van der Waals surface area contributed by atoms with Gasteiger partial charge in [-0.2, -0.15) is 0 Å². The smallest absolute Gasteiger partial charge is 0.237 e. The highest BCUT2D eigenvalue weighted by Crippen LogP contribution is 2.12. The summed E-state index contributed by atoms with van der Waals surface area (Å²) in [6.07, 6.45) is 5.15. The summed E-state index contributed by atoms with van der Waals surface area (Å²) in [6.45, 7) is 6.02. The molecule has 4 heteroatoms. The summed E-state index contributed by atoms with van der Waals surface area (Å²) in [4.78, 5) is 13.8. The van der Waals surface area contributed by atoms with Gasteiger partial charge in [0.05, 0.1) is 6.04 Å². The summed E-state index contributed by atoms with van der Waals surface area (Å²) in [5.74, 6) is 0.183. The second-order valence-electron chi connectivity index (χ2n) is 4.94. The number of amides is 1. The number of hydrogen-bond acceptors (Lipinski definition) is 3. The van der Waals surface area contributed by atoms with Gasteiger partial charge in [0, 0.05) is 25.7 Å². The van der Waals surface area contributed by atoms with Crippen LogP contribution in [0.5, 0.6) is 0 Å². The Morgan fingerprint density at radius 2 is 2.25 bits per heavy atom. The van der Waals surface area contributed by atoms with E-state index >= 15 is 0 Å². The van der Waals surface area contributed by atoms with Crippen LogP contribution in [0.2, 0.25) is 0 Å². The van der Waals surface area contributed by atoms with E-state index in [-0.39, 0.29) is 11.9 Å². The van der Waals surface area contributed by atoms with Crippen LogP contribution in [0.25, 0.3) is 0 Å². The van der Waals surface area contributed by atoms with E-state index < -0.39 is 0 Å². The maximum Gasteiger partial charge on any atom is 0.237 e. The third-order valence-corrected chi connectivity index (χ3v) is 3.80. The minimum atomic E-state index is 0.0531. The molecule has 1 amide bonds. The van der Waals surface area contributed by atoms with Gasteiger partial charge in [-0.3, -0.25) is 9.69 Å². The lowest BCUT2D eigenvalue weighted by atomic mass is 10.0. The SMILES string of the molecule is CC1C(=O)NCCN1CCC1CCCCN1. The van der Waals surface area contributed by atoms with Gasteiger partial charge < -0.3 is 10.6 Å². The predicted octanol–water partition coefficient (Wildman–Crippen LogP) is 0.339. The third-order valence-electron chi connectivity index (χ3n) is 3.80. The van der Waals surface area contributed by atoms with Crippen molar-refractivity contribution in [2.45, 2.75) is 44.7 Å². The van der Waals surface area contributed by atoms with E-state index in [1.54, 1.807) is 0 Å². The van der Waals surface area contributed by atoms with Crippen molar-refractivity contribution in [2.24, 2.45) is 0 Å². The lowest BCUT2D eigenvalue weighted by Gasteiger charge is -2.34. The van der Waals surface area contributed by atoms with Gasteiger partial charge in [0.15, 0.2) is 0 Å². The van der Waals surface area contributed by atoms with Crippen molar-refractivity contribution in [3.8, 4) is 0 Å². The minimum Gasteiger partial charge on any atom is -0.353 e. The standard InChI is InChI=1S/C12H23N3O/c1-10-12(16)14-7-9-15(10)8-5-11-4-2-3-6-13-11/h10-11,13H,2-9H2,1H3,(H,14,16). The summed E-state index contributed by atoms with van der Waals surface area (Å²) in [5, 5.41) is 6.46. The molecule has 0 aliphatic carbocycles. The van der Waals surface area contributed by atoms with Crippen LogP contribution in [-0.4, -0.2) is 49.1 Å². The fraction of sp³-hybridized carbons (Fsp3) is 0.917. The number of nitrogens with one attached hydrogen (secondary N) is 2. The molecule has 2 fully saturated rings. The molecule has 0 aromatic rings. The Morgan fingerprint density at radius 1 is 1.38 bits per heavy atom. The van der Waals surface area contributed by atoms with Crippen LogP contribution in [0.3, 0.4) is 0 Å². The topological polar surface area (TPSA) is 44.4 Å². The Morgan fingerprint density at radius 3 is 3.00 bits per heavy atom. The first-order chi connectivity index (χ1) is 7.77. The second kappa shape index (κ2) is 5.64. The molecule has 2 atom stereocenters. The highest BCUT2D eigenvalue weighted by Gasteiger charge is 2.25. The quantitative estimate of drug-likeness (QED) is 0.728. The number of carbonyl (C=O) groups excluding carboxylic acids is 1. The van der Waals surface area contributed by atoms with Crippen LogP contribution in [0.1, 0.15) is 32.6 Å². The molecule has 16 heavy (non-hydrogen) atoms. The van der Waals surface area contributed by atoms with Crippen molar-refractivity contribution in [1.29, 1.82) is 0 Å². The monoisotopic (exact) mass is 225 g/mol. The number of carbonyl (C=O) groups is 1. The molecule has 2 aliphatic heterocycles. The Kier molecular flexibility index (Phi) is 4.18. The van der Waals surface area contributed by atoms with Gasteiger partial charge in [0.2, 0.25) is 5.91 Å². The van der Waals surface area contributed by atoms with Crippen molar-refractivity contribution >= 4 is 5.91 Å². The van der Waals surface area contributed by atoms with Gasteiger partial charge in [-0.15, -0.1) is 0 Å². The molecule has 2 heterocycles. The lowest BCUT2D eigenvalue weighted by Crippen LogP contribution is -2.54. The number of piperidine rings is 1. The maximum absolute atomic E-state index is 11.5. The lowest BCUT2D eigenvalue weighted by molar-refractivity contribution is -0.128. The van der Waals surface area contributed by atoms with Crippen molar-refractivity contribution in [1.82, 2.24) is 15.5 Å². The molecule has 2 saturated heterocycles. The van der Waals surface area contributed by atoms with Crippen LogP contribution in [-0.2, 0) is 4.79 Å². The summed E-state index contributed by atoms with van der Waals surface area (Å²) < 4.78 is 0. The molecule has 2 N–H and O–H groups in total. The molecule has 0 aromatic heterocycles. The molecule has 0 aromatic carbocycles. The molecule has 2 aliphatic rings. The van der Waals surface area contributed by atoms with Crippen LogP contribution in [0, 0.1) is 0 Å². The van der Waals surface area contributed by atoms with Crippen molar-refractivity contribution in [3.63, 3.8) is 0 Å². The van der Waals surface area contributed by atoms with Crippen LogP contribution in [0.4, 0.5) is 0 Å². The Bertz CT molecular complexity index is 238. The molecule has 0 radical (unpaired) electrons. The van der Waals surface area contributed by atoms with E-state index in [1.807, 2.05) is 6.92 Å². The minimum absolute atomic E-state index is 0.0531. The first kappa shape index (κ1) is 11.9. The fourth-order valence-electron chi connectivity index (χ4n) is 2.63. The van der Waals surface area contributed by atoms with Gasteiger partial charge in [0.1, 0.15) is 0 Å². The summed E-state index contributed by atoms with van der Waals surface area (Å²) in [7, 11) is 0. The van der Waals surface area contributed by atoms with E-state index in [4.69, 9.17) is 0 Å². The van der Waals surface area contributed by atoms with E-state index in [2.05, 4.69) is 15.5 Å². The molecule has 4 nitrogen and oxygen atoms in total. The average molecular weight is 225 g/mol. The van der Waals surface area contributed by atoms with Crippen LogP contribution >= 0.6 is 0 Å². The van der Waals surface area contributed by atoms with E-state index in [0.717, 1.165) is 19.6 Å². The number of rotatable bonds is 3. The zero-order valence-electron chi connectivity index (χ0n) is 10.2. The molecule has 0 saturated carbocycles. The molecular formula is C12H23N3O. The Balaban J connectivity index is 1.73. The molecule has 0 bridgehead atoms. The first-order valence-electron chi connectivity index (χ1n) is 6.52. The van der Waals surface area contributed by atoms with E-state index in [0.29, 0.717) is 6.04 Å². The van der Waals surface area contributed by atoms with Gasteiger partial charge in [-0.1, -0.05) is 6.42 Å². The number of piperazine rings is 1. The zero-order valence-corrected chi connectivity index (χ0v) is 10.2. The van der Waals surface area contributed by atoms with Crippen LogP contribution in [0.15, 0.2) is 0 Å².